The van der Waals surface area contributed by atoms with E-state index in [1.54, 1.807) is 23.9 Å². The van der Waals surface area contributed by atoms with E-state index in [0.717, 1.165) is 29.9 Å². The van der Waals surface area contributed by atoms with Gasteiger partial charge in [-0.05, 0) is 48.4 Å². The molecule has 3 nitrogen and oxygen atoms in total. The van der Waals surface area contributed by atoms with Crippen molar-refractivity contribution in [1.29, 1.82) is 0 Å². The van der Waals surface area contributed by atoms with Crippen LogP contribution >= 0.6 is 11.8 Å². The van der Waals surface area contributed by atoms with Gasteiger partial charge in [-0.3, -0.25) is 4.99 Å². The number of thioether (sulfide) groups is 1. The van der Waals surface area contributed by atoms with Crippen molar-refractivity contribution in [2.45, 2.75) is 18.6 Å². The molecule has 1 aliphatic rings. The van der Waals surface area contributed by atoms with Crippen LogP contribution in [0.5, 0.6) is 5.75 Å². The van der Waals surface area contributed by atoms with Crippen molar-refractivity contribution in [1.82, 2.24) is 0 Å². The van der Waals surface area contributed by atoms with Crippen LogP contribution in [0.4, 0.5) is 18.9 Å². The summed E-state index contributed by atoms with van der Waals surface area (Å²) in [5.41, 5.74) is 0.997. The molecule has 126 valence electrons. The number of halogens is 3. The molecule has 3 rings (SSSR count). The monoisotopic (exact) mass is 352 g/mol. The maximum Gasteiger partial charge on any atom is 0.416 e. The van der Waals surface area contributed by atoms with Crippen molar-refractivity contribution in [3.8, 4) is 5.75 Å². The molecule has 0 saturated carbocycles. The average molecular weight is 352 g/mol. The van der Waals surface area contributed by atoms with Crippen molar-refractivity contribution in [2.24, 2.45) is 4.99 Å². The number of phenolic OH excluding ortho intramolecular Hbond substituents is 1. The molecule has 0 bridgehead atoms. The minimum Gasteiger partial charge on any atom is -0.508 e. The Labute approximate surface area is 141 Å². The average Bonchev–Trinajstić information content (AvgIpc) is 2.96. The van der Waals surface area contributed by atoms with Gasteiger partial charge in [0.25, 0.3) is 0 Å². The van der Waals surface area contributed by atoms with Crippen LogP contribution in [0.2, 0.25) is 0 Å². The Bertz CT molecular complexity index is 727. The summed E-state index contributed by atoms with van der Waals surface area (Å²) >= 11 is 1.54. The molecule has 2 aromatic carbocycles. The van der Waals surface area contributed by atoms with Crippen molar-refractivity contribution in [3.05, 3.63) is 59.7 Å². The molecule has 0 amide bonds. The van der Waals surface area contributed by atoms with Gasteiger partial charge >= 0.3 is 6.18 Å². The summed E-state index contributed by atoms with van der Waals surface area (Å²) in [4.78, 5) is 4.56. The first-order valence-electron chi connectivity index (χ1n) is 7.33. The highest BCUT2D eigenvalue weighted by atomic mass is 32.2. The Balaban J connectivity index is 1.61. The van der Waals surface area contributed by atoms with Gasteiger partial charge in [0.1, 0.15) is 5.75 Å². The van der Waals surface area contributed by atoms with Crippen molar-refractivity contribution in [2.75, 3.05) is 11.1 Å². The van der Waals surface area contributed by atoms with E-state index in [-0.39, 0.29) is 11.8 Å². The summed E-state index contributed by atoms with van der Waals surface area (Å²) < 4.78 is 37.6. The third-order valence-electron chi connectivity index (χ3n) is 3.58. The Hall–Kier alpha value is -2.15. The van der Waals surface area contributed by atoms with Crippen molar-refractivity contribution < 1.29 is 18.3 Å². The number of hydrogen-bond acceptors (Lipinski definition) is 4. The molecule has 0 aromatic heterocycles. The molecule has 1 heterocycles. The van der Waals surface area contributed by atoms with Crippen LogP contribution in [0.3, 0.4) is 0 Å². The fraction of sp³-hybridized carbons (Fsp3) is 0.235. The Morgan fingerprint density at radius 3 is 2.38 bits per heavy atom. The number of anilines is 1. The van der Waals surface area contributed by atoms with E-state index in [1.807, 2.05) is 12.1 Å². The smallest absolute Gasteiger partial charge is 0.416 e. The number of aromatic hydroxyl groups is 1. The third kappa shape index (κ3) is 4.23. The number of rotatable bonds is 3. The van der Waals surface area contributed by atoms with E-state index in [0.29, 0.717) is 10.9 Å². The van der Waals surface area contributed by atoms with E-state index in [1.165, 1.54) is 12.1 Å². The lowest BCUT2D eigenvalue weighted by atomic mass is 10.1. The zero-order valence-electron chi connectivity index (χ0n) is 12.5. The second kappa shape index (κ2) is 6.76. The second-order valence-corrected chi connectivity index (χ2v) is 6.48. The molecule has 24 heavy (non-hydrogen) atoms. The predicted molar refractivity (Wildman–Crippen MR) is 90.6 cm³/mol. The molecule has 1 atom stereocenters. The summed E-state index contributed by atoms with van der Waals surface area (Å²) in [6.45, 7) is 0. The third-order valence-corrected chi connectivity index (χ3v) is 4.62. The maximum atomic E-state index is 12.5. The van der Waals surface area contributed by atoms with Gasteiger partial charge in [-0.1, -0.05) is 23.9 Å². The first kappa shape index (κ1) is 16.7. The van der Waals surface area contributed by atoms with Crippen LogP contribution in [0.15, 0.2) is 53.5 Å². The van der Waals surface area contributed by atoms with Gasteiger partial charge in [0, 0.05) is 11.4 Å². The molecule has 2 N–H and O–H groups in total. The fourth-order valence-electron chi connectivity index (χ4n) is 2.36. The number of phenols is 1. The van der Waals surface area contributed by atoms with Gasteiger partial charge in [0.15, 0.2) is 5.17 Å². The van der Waals surface area contributed by atoms with E-state index >= 15 is 0 Å². The Kier molecular flexibility index (Phi) is 4.71. The molecule has 0 aliphatic carbocycles. The molecular formula is C17H15F3N2OS. The molecule has 0 fully saturated rings. The lowest BCUT2D eigenvalue weighted by Gasteiger charge is -2.08. The van der Waals surface area contributed by atoms with Gasteiger partial charge in [-0.2, -0.15) is 13.2 Å². The second-order valence-electron chi connectivity index (χ2n) is 5.47. The fourth-order valence-corrected chi connectivity index (χ4v) is 3.31. The Morgan fingerprint density at radius 1 is 1.08 bits per heavy atom. The van der Waals surface area contributed by atoms with E-state index < -0.39 is 11.7 Å². The van der Waals surface area contributed by atoms with Crippen molar-refractivity contribution >= 4 is 22.6 Å². The molecule has 2 aromatic rings. The normalized spacial score (nSPS) is 17.6. The highest BCUT2D eigenvalue weighted by molar-refractivity contribution is 8.14. The molecule has 0 unspecified atom stereocenters. The number of nitrogens with one attached hydrogen (secondary N) is 1. The minimum absolute atomic E-state index is 0.108. The molecular weight excluding hydrogens is 337 g/mol. The van der Waals surface area contributed by atoms with Crippen LogP contribution in [0.1, 0.15) is 11.1 Å². The molecule has 7 heteroatoms. The summed E-state index contributed by atoms with van der Waals surface area (Å²) in [5, 5.41) is 13.0. The van der Waals surface area contributed by atoms with Crippen LogP contribution < -0.4 is 5.32 Å². The number of benzene rings is 2. The molecule has 0 spiro atoms. The zero-order valence-corrected chi connectivity index (χ0v) is 13.4. The standard InChI is InChI=1S/C17H15F3N2OS/c18-17(19,20)12-3-5-13(6-4-12)21-16-22-14(10-24-16)9-11-1-7-15(23)8-2-11/h1-8,14,23H,9-10H2,(H,21,22)/t14-/m0/s1. The van der Waals surface area contributed by atoms with Gasteiger partial charge in [-0.15, -0.1) is 0 Å². The van der Waals surface area contributed by atoms with E-state index in [9.17, 15) is 18.3 Å². The number of nitrogens with zero attached hydrogens (tertiary/aromatic N) is 1. The van der Waals surface area contributed by atoms with Crippen molar-refractivity contribution in [3.63, 3.8) is 0 Å². The number of aliphatic imine (C=N–C) groups is 1. The largest absolute Gasteiger partial charge is 0.508 e. The summed E-state index contributed by atoms with van der Waals surface area (Å²) in [7, 11) is 0. The number of amidine groups is 1. The first-order chi connectivity index (χ1) is 11.4. The van der Waals surface area contributed by atoms with E-state index in [4.69, 9.17) is 0 Å². The first-order valence-corrected chi connectivity index (χ1v) is 8.31. The topological polar surface area (TPSA) is 44.6 Å². The molecule has 0 saturated heterocycles. The van der Waals surface area contributed by atoms with Crippen LogP contribution in [0, 0.1) is 0 Å². The lowest BCUT2D eigenvalue weighted by Crippen LogP contribution is -2.09. The Morgan fingerprint density at radius 2 is 1.75 bits per heavy atom. The summed E-state index contributed by atoms with van der Waals surface area (Å²) in [5.74, 6) is 1.04. The highest BCUT2D eigenvalue weighted by Crippen LogP contribution is 2.30. The van der Waals surface area contributed by atoms with E-state index in [2.05, 4.69) is 10.3 Å². The summed E-state index contributed by atoms with van der Waals surface area (Å²) in [6.07, 6.45) is -3.57. The van der Waals surface area contributed by atoms with Crippen LogP contribution in [0.25, 0.3) is 0 Å². The molecule has 1 aliphatic heterocycles. The lowest BCUT2D eigenvalue weighted by molar-refractivity contribution is -0.137. The maximum absolute atomic E-state index is 12.5. The highest BCUT2D eigenvalue weighted by Gasteiger charge is 2.30. The quantitative estimate of drug-likeness (QED) is 0.853. The van der Waals surface area contributed by atoms with Crippen LogP contribution in [-0.2, 0) is 12.6 Å². The molecule has 0 radical (unpaired) electrons. The zero-order chi connectivity index (χ0) is 17.2. The number of hydrogen-bond donors (Lipinski definition) is 2. The van der Waals surface area contributed by atoms with Gasteiger partial charge in [0.05, 0.1) is 11.6 Å². The summed E-state index contributed by atoms with van der Waals surface area (Å²) in [6, 6.07) is 12.0. The SMILES string of the molecule is Oc1ccc(C[C@H]2CSC(Nc3ccc(C(F)(F)F)cc3)=N2)cc1. The predicted octanol–water partition coefficient (Wildman–Crippen LogP) is 4.54. The van der Waals surface area contributed by atoms with Gasteiger partial charge in [-0.25, -0.2) is 0 Å². The van der Waals surface area contributed by atoms with Gasteiger partial charge < -0.3 is 10.4 Å². The number of alkyl halides is 3. The van der Waals surface area contributed by atoms with Gasteiger partial charge in [0.2, 0.25) is 0 Å². The van der Waals surface area contributed by atoms with Crippen LogP contribution in [-0.4, -0.2) is 22.1 Å². The minimum atomic E-state index is -4.33.